The number of anilines is 1. The average Bonchev–Trinajstić information content (AvgIpc) is 2.58. The van der Waals surface area contributed by atoms with Crippen LogP contribution < -0.4 is 4.90 Å². The third-order valence-corrected chi connectivity index (χ3v) is 2.69. The van der Waals surface area contributed by atoms with Gasteiger partial charge in [-0.3, -0.25) is 14.3 Å². The Morgan fingerprint density at radius 3 is 2.53 bits per heavy atom. The molecule has 1 aliphatic heterocycles. The molecule has 17 heavy (non-hydrogen) atoms. The topological polar surface area (TPSA) is 79.0 Å². The highest BCUT2D eigenvalue weighted by atomic mass is 16.2. The van der Waals surface area contributed by atoms with E-state index in [1.54, 1.807) is 7.05 Å². The summed E-state index contributed by atoms with van der Waals surface area (Å²) in [5.74, 6) is -0.370. The number of imide groups is 1. The van der Waals surface area contributed by atoms with Crippen LogP contribution in [0.4, 0.5) is 5.82 Å². The first-order chi connectivity index (χ1) is 8.02. The van der Waals surface area contributed by atoms with Crippen molar-refractivity contribution in [2.75, 3.05) is 4.90 Å². The number of nitriles is 1. The second-order valence-electron chi connectivity index (χ2n) is 4.29. The van der Waals surface area contributed by atoms with Gasteiger partial charge in [0.05, 0.1) is 0 Å². The molecule has 1 fully saturated rings. The molecule has 0 atom stereocenters. The van der Waals surface area contributed by atoms with Crippen molar-refractivity contribution < 1.29 is 9.59 Å². The van der Waals surface area contributed by atoms with Crippen LogP contribution in [0.1, 0.15) is 25.3 Å². The van der Waals surface area contributed by atoms with Gasteiger partial charge in [-0.25, -0.2) is 4.90 Å². The smallest absolute Gasteiger partial charge is 0.235 e. The van der Waals surface area contributed by atoms with E-state index >= 15 is 0 Å². The molecule has 0 aromatic carbocycles. The van der Waals surface area contributed by atoms with Crippen molar-refractivity contribution in [1.82, 2.24) is 9.78 Å². The fraction of sp³-hybridized carbons (Fsp3) is 0.455. The van der Waals surface area contributed by atoms with Crippen molar-refractivity contribution >= 4 is 17.6 Å². The Hall–Kier alpha value is -2.16. The van der Waals surface area contributed by atoms with E-state index in [0.717, 1.165) is 4.90 Å². The monoisotopic (exact) mass is 232 g/mol. The Labute approximate surface area is 98.4 Å². The molecule has 1 aromatic rings. The number of nitrogens with zero attached hydrogens (tertiary/aromatic N) is 4. The second kappa shape index (κ2) is 4.01. The third kappa shape index (κ3) is 1.91. The number of hydrogen-bond donors (Lipinski definition) is 0. The van der Waals surface area contributed by atoms with Crippen molar-refractivity contribution in [3.63, 3.8) is 0 Å². The normalized spacial score (nSPS) is 17.4. The first-order valence-corrected chi connectivity index (χ1v) is 5.32. The van der Waals surface area contributed by atoms with Gasteiger partial charge < -0.3 is 0 Å². The molecule has 6 heteroatoms. The minimum Gasteiger partial charge on any atom is -0.274 e. The predicted molar refractivity (Wildman–Crippen MR) is 58.8 cm³/mol. The van der Waals surface area contributed by atoms with E-state index in [0.29, 0.717) is 12.8 Å². The van der Waals surface area contributed by atoms with Crippen molar-refractivity contribution in [2.24, 2.45) is 13.0 Å². The number of piperidine rings is 1. The second-order valence-corrected chi connectivity index (χ2v) is 4.29. The fourth-order valence-electron chi connectivity index (χ4n) is 1.95. The molecule has 0 radical (unpaired) electrons. The summed E-state index contributed by atoms with van der Waals surface area (Å²) in [6, 6.07) is 1.94. The van der Waals surface area contributed by atoms with Gasteiger partial charge in [-0.15, -0.1) is 0 Å². The maximum Gasteiger partial charge on any atom is 0.235 e. The SMILES string of the molecule is CC1CC(=O)N(c2nn(C)cc2C#N)C(=O)C1. The minimum absolute atomic E-state index is 0.0560. The van der Waals surface area contributed by atoms with Crippen LogP contribution in [0, 0.1) is 17.2 Å². The van der Waals surface area contributed by atoms with Gasteiger partial charge in [-0.2, -0.15) is 10.4 Å². The number of aryl methyl sites for hydroxylation is 1. The van der Waals surface area contributed by atoms with E-state index in [-0.39, 0.29) is 29.1 Å². The lowest BCUT2D eigenvalue weighted by Gasteiger charge is -2.26. The van der Waals surface area contributed by atoms with Gasteiger partial charge in [0.2, 0.25) is 11.8 Å². The molecule has 0 bridgehead atoms. The number of carbonyl (C=O) groups is 2. The van der Waals surface area contributed by atoms with E-state index in [1.807, 2.05) is 13.0 Å². The zero-order valence-electron chi connectivity index (χ0n) is 9.67. The summed E-state index contributed by atoms with van der Waals surface area (Å²) in [6.07, 6.45) is 2.12. The van der Waals surface area contributed by atoms with Crippen molar-refractivity contribution in [3.8, 4) is 6.07 Å². The summed E-state index contributed by atoms with van der Waals surface area (Å²) in [5, 5.41) is 12.9. The van der Waals surface area contributed by atoms with Crippen LogP contribution >= 0.6 is 0 Å². The highest BCUT2D eigenvalue weighted by Gasteiger charge is 2.34. The number of amides is 2. The molecule has 1 aromatic heterocycles. The Morgan fingerprint density at radius 2 is 2.00 bits per heavy atom. The maximum atomic E-state index is 11.8. The van der Waals surface area contributed by atoms with Crippen LogP contribution in [0.2, 0.25) is 0 Å². The van der Waals surface area contributed by atoms with Gasteiger partial charge in [-0.1, -0.05) is 6.92 Å². The highest BCUT2D eigenvalue weighted by Crippen LogP contribution is 2.26. The quantitative estimate of drug-likeness (QED) is 0.663. The molecule has 88 valence electrons. The van der Waals surface area contributed by atoms with E-state index in [2.05, 4.69) is 5.10 Å². The summed E-state index contributed by atoms with van der Waals surface area (Å²) in [5.41, 5.74) is 0.240. The minimum atomic E-state index is -0.288. The summed E-state index contributed by atoms with van der Waals surface area (Å²) in [7, 11) is 1.64. The molecule has 0 N–H and O–H groups in total. The predicted octanol–water partition coefficient (Wildman–Crippen LogP) is 0.581. The summed E-state index contributed by atoms with van der Waals surface area (Å²) in [4.78, 5) is 24.7. The van der Waals surface area contributed by atoms with Crippen LogP contribution in [0.25, 0.3) is 0 Å². The summed E-state index contributed by atoms with van der Waals surface area (Å²) < 4.78 is 1.42. The molecular formula is C11H12N4O2. The molecule has 6 nitrogen and oxygen atoms in total. The Balaban J connectivity index is 2.42. The molecule has 2 heterocycles. The average molecular weight is 232 g/mol. The Bertz CT molecular complexity index is 508. The molecular weight excluding hydrogens is 220 g/mol. The van der Waals surface area contributed by atoms with Gasteiger partial charge in [0.25, 0.3) is 0 Å². The Kier molecular flexibility index (Phi) is 2.68. The van der Waals surface area contributed by atoms with Crippen molar-refractivity contribution in [1.29, 1.82) is 5.26 Å². The van der Waals surface area contributed by atoms with Crippen molar-refractivity contribution in [3.05, 3.63) is 11.8 Å². The van der Waals surface area contributed by atoms with Crippen molar-refractivity contribution in [2.45, 2.75) is 19.8 Å². The molecule has 1 aliphatic rings. The summed E-state index contributed by atoms with van der Waals surface area (Å²) >= 11 is 0. The number of rotatable bonds is 1. The zero-order chi connectivity index (χ0) is 12.6. The summed E-state index contributed by atoms with van der Waals surface area (Å²) in [6.45, 7) is 1.86. The van der Waals surface area contributed by atoms with E-state index in [9.17, 15) is 9.59 Å². The zero-order valence-corrected chi connectivity index (χ0v) is 9.67. The van der Waals surface area contributed by atoms with E-state index < -0.39 is 0 Å². The first-order valence-electron chi connectivity index (χ1n) is 5.32. The standard InChI is InChI=1S/C11H12N4O2/c1-7-3-9(16)15(10(17)4-7)11-8(5-12)6-14(2)13-11/h6-7H,3-4H2,1-2H3. The maximum absolute atomic E-state index is 11.8. The number of hydrogen-bond acceptors (Lipinski definition) is 4. The molecule has 1 saturated heterocycles. The van der Waals surface area contributed by atoms with Gasteiger partial charge in [0.1, 0.15) is 11.6 Å². The molecule has 0 aliphatic carbocycles. The van der Waals surface area contributed by atoms with Crippen LogP contribution in [0.5, 0.6) is 0 Å². The van der Waals surface area contributed by atoms with Gasteiger partial charge in [0.15, 0.2) is 5.82 Å². The van der Waals surface area contributed by atoms with Gasteiger partial charge in [-0.05, 0) is 5.92 Å². The lowest BCUT2D eigenvalue weighted by Crippen LogP contribution is -2.43. The number of aromatic nitrogens is 2. The Morgan fingerprint density at radius 1 is 1.41 bits per heavy atom. The van der Waals surface area contributed by atoms with Gasteiger partial charge >= 0.3 is 0 Å². The lowest BCUT2D eigenvalue weighted by atomic mass is 9.97. The molecule has 2 rings (SSSR count). The van der Waals surface area contributed by atoms with Crippen LogP contribution in [0.15, 0.2) is 6.20 Å². The fourth-order valence-corrected chi connectivity index (χ4v) is 1.95. The van der Waals surface area contributed by atoms with E-state index in [1.165, 1.54) is 10.9 Å². The molecule has 0 unspecified atom stereocenters. The number of carbonyl (C=O) groups excluding carboxylic acids is 2. The molecule has 2 amide bonds. The lowest BCUT2D eigenvalue weighted by molar-refractivity contribution is -0.130. The highest BCUT2D eigenvalue weighted by molar-refractivity contribution is 6.16. The third-order valence-electron chi connectivity index (χ3n) is 2.69. The first kappa shape index (κ1) is 11.3. The van der Waals surface area contributed by atoms with Crippen LogP contribution in [-0.2, 0) is 16.6 Å². The largest absolute Gasteiger partial charge is 0.274 e. The van der Waals surface area contributed by atoms with Gasteiger partial charge in [0, 0.05) is 26.1 Å². The molecule has 0 spiro atoms. The van der Waals surface area contributed by atoms with Crippen LogP contribution in [-0.4, -0.2) is 21.6 Å². The molecule has 0 saturated carbocycles. The van der Waals surface area contributed by atoms with E-state index in [4.69, 9.17) is 5.26 Å². The van der Waals surface area contributed by atoms with Crippen LogP contribution in [0.3, 0.4) is 0 Å².